The van der Waals surface area contributed by atoms with E-state index in [9.17, 15) is 4.79 Å². The number of rotatable bonds is 3. The van der Waals surface area contributed by atoms with Gasteiger partial charge in [0.1, 0.15) is 0 Å². The molecule has 0 saturated heterocycles. The van der Waals surface area contributed by atoms with Gasteiger partial charge in [0.25, 0.3) is 0 Å². The molecule has 1 amide bonds. The molecule has 1 aromatic rings. The second kappa shape index (κ2) is 7.33. The summed E-state index contributed by atoms with van der Waals surface area (Å²) in [5.74, 6) is 1.64. The van der Waals surface area contributed by atoms with Gasteiger partial charge in [0.05, 0.1) is 6.04 Å². The molecule has 1 heterocycles. The van der Waals surface area contributed by atoms with Gasteiger partial charge in [0.2, 0.25) is 5.91 Å². The zero-order chi connectivity index (χ0) is 15.0. The van der Waals surface area contributed by atoms with Gasteiger partial charge in [-0.3, -0.25) is 4.79 Å². The van der Waals surface area contributed by atoms with E-state index in [1.54, 1.807) is 11.3 Å². The molecular weight excluding hydrogens is 316 g/mol. The van der Waals surface area contributed by atoms with Crippen LogP contribution in [0.25, 0.3) is 0 Å². The van der Waals surface area contributed by atoms with Crippen molar-refractivity contribution in [3.05, 3.63) is 22.4 Å². The molecule has 3 unspecified atom stereocenters. The highest BCUT2D eigenvalue weighted by Crippen LogP contribution is 2.42. The molecule has 2 saturated carbocycles. The van der Waals surface area contributed by atoms with Crippen molar-refractivity contribution in [2.24, 2.45) is 23.5 Å². The molecule has 2 aliphatic carbocycles. The monoisotopic (exact) mass is 342 g/mol. The van der Waals surface area contributed by atoms with E-state index >= 15 is 0 Å². The number of halogens is 1. The van der Waals surface area contributed by atoms with Crippen molar-refractivity contribution in [2.45, 2.75) is 51.1 Å². The Balaban J connectivity index is 0.00000176. The Morgan fingerprint density at radius 2 is 2.00 bits per heavy atom. The van der Waals surface area contributed by atoms with E-state index in [-0.39, 0.29) is 24.4 Å². The second-order valence-electron chi connectivity index (χ2n) is 6.84. The normalized spacial score (nSPS) is 32.0. The second-order valence-corrected chi connectivity index (χ2v) is 7.82. The van der Waals surface area contributed by atoms with Gasteiger partial charge in [-0.05, 0) is 55.9 Å². The fourth-order valence-electron chi connectivity index (χ4n) is 4.19. The fraction of sp³-hybridized carbons (Fsp3) is 0.706. The van der Waals surface area contributed by atoms with Crippen LogP contribution in [0.1, 0.15) is 49.9 Å². The van der Waals surface area contributed by atoms with E-state index in [0.29, 0.717) is 23.8 Å². The zero-order valence-corrected chi connectivity index (χ0v) is 15.0. The molecule has 0 radical (unpaired) electrons. The van der Waals surface area contributed by atoms with Gasteiger partial charge in [0.15, 0.2) is 0 Å². The van der Waals surface area contributed by atoms with E-state index in [0.717, 1.165) is 12.8 Å². The minimum Gasteiger partial charge on any atom is -0.338 e. The van der Waals surface area contributed by atoms with E-state index in [1.807, 2.05) is 11.9 Å². The van der Waals surface area contributed by atoms with Gasteiger partial charge in [-0.15, -0.1) is 23.7 Å². The molecule has 2 aliphatic rings. The fourth-order valence-corrected chi connectivity index (χ4v) is 5.02. The van der Waals surface area contributed by atoms with Crippen LogP contribution in [-0.2, 0) is 4.79 Å². The first kappa shape index (κ1) is 17.8. The number of nitrogens with zero attached hydrogens (tertiary/aromatic N) is 1. The zero-order valence-electron chi connectivity index (χ0n) is 13.4. The van der Waals surface area contributed by atoms with Crippen LogP contribution in [0, 0.1) is 17.8 Å². The third-order valence-electron chi connectivity index (χ3n) is 5.65. The first-order valence-corrected chi connectivity index (χ1v) is 9.01. The summed E-state index contributed by atoms with van der Waals surface area (Å²) in [5.41, 5.74) is 6.34. The lowest BCUT2D eigenvalue weighted by Gasteiger charge is -2.44. The molecule has 3 rings (SSSR count). The molecule has 2 N–H and O–H groups in total. The lowest BCUT2D eigenvalue weighted by Crippen LogP contribution is -2.49. The van der Waals surface area contributed by atoms with Crippen LogP contribution in [0.3, 0.4) is 0 Å². The Labute approximate surface area is 143 Å². The predicted octanol–water partition coefficient (Wildman–Crippen LogP) is 3.84. The van der Waals surface area contributed by atoms with Gasteiger partial charge in [-0.1, -0.05) is 12.5 Å². The highest BCUT2D eigenvalue weighted by Gasteiger charge is 2.41. The number of fused-ring (bicyclic) bond motifs is 2. The maximum atomic E-state index is 12.9. The largest absolute Gasteiger partial charge is 0.338 e. The topological polar surface area (TPSA) is 46.3 Å². The minimum atomic E-state index is 0. The lowest BCUT2D eigenvalue weighted by atomic mass is 9.65. The van der Waals surface area contributed by atoms with Crippen LogP contribution < -0.4 is 5.73 Å². The van der Waals surface area contributed by atoms with Gasteiger partial charge in [0, 0.05) is 23.9 Å². The molecule has 0 aromatic carbocycles. The minimum absolute atomic E-state index is 0. The Morgan fingerprint density at radius 1 is 1.36 bits per heavy atom. The first-order chi connectivity index (χ1) is 10.1. The van der Waals surface area contributed by atoms with Gasteiger partial charge < -0.3 is 10.6 Å². The molecule has 0 aliphatic heterocycles. The SMILES string of the molecule is CC(c1cccs1)N(C)C(=O)C1CC2CCCC(C1)C2N.Cl. The summed E-state index contributed by atoms with van der Waals surface area (Å²) >= 11 is 1.73. The summed E-state index contributed by atoms with van der Waals surface area (Å²) in [6.45, 7) is 2.12. The maximum absolute atomic E-state index is 12.9. The molecule has 22 heavy (non-hydrogen) atoms. The van der Waals surface area contributed by atoms with Crippen molar-refractivity contribution in [3.63, 3.8) is 0 Å². The predicted molar refractivity (Wildman–Crippen MR) is 94.3 cm³/mol. The van der Waals surface area contributed by atoms with E-state index in [2.05, 4.69) is 24.4 Å². The standard InChI is InChI=1S/C17H26N2OS.ClH/c1-11(15-7-4-8-21-15)19(2)17(20)14-9-12-5-3-6-13(10-14)16(12)18;/h4,7-8,11-14,16H,3,5-6,9-10,18H2,1-2H3;1H. The van der Waals surface area contributed by atoms with Crippen molar-refractivity contribution in [1.82, 2.24) is 4.90 Å². The van der Waals surface area contributed by atoms with Crippen molar-refractivity contribution in [1.29, 1.82) is 0 Å². The van der Waals surface area contributed by atoms with E-state index < -0.39 is 0 Å². The summed E-state index contributed by atoms with van der Waals surface area (Å²) in [4.78, 5) is 16.1. The Morgan fingerprint density at radius 3 is 2.55 bits per heavy atom. The summed E-state index contributed by atoms with van der Waals surface area (Å²) in [6.07, 6.45) is 5.72. The van der Waals surface area contributed by atoms with Gasteiger partial charge in [-0.2, -0.15) is 0 Å². The Hall–Kier alpha value is -0.580. The van der Waals surface area contributed by atoms with Crippen LogP contribution in [-0.4, -0.2) is 23.9 Å². The van der Waals surface area contributed by atoms with Crippen LogP contribution in [0.2, 0.25) is 0 Å². The molecule has 1 aromatic heterocycles. The first-order valence-electron chi connectivity index (χ1n) is 8.13. The van der Waals surface area contributed by atoms with Crippen LogP contribution in [0.5, 0.6) is 0 Å². The van der Waals surface area contributed by atoms with Crippen LogP contribution >= 0.6 is 23.7 Å². The van der Waals surface area contributed by atoms with Crippen LogP contribution in [0.4, 0.5) is 0 Å². The average Bonchev–Trinajstić information content (AvgIpc) is 2.99. The molecule has 3 atom stereocenters. The molecule has 3 nitrogen and oxygen atoms in total. The number of nitrogens with two attached hydrogens (primary N) is 1. The van der Waals surface area contributed by atoms with Crippen molar-refractivity contribution in [2.75, 3.05) is 7.05 Å². The molecule has 5 heteroatoms. The number of hydrogen-bond acceptors (Lipinski definition) is 3. The van der Waals surface area contributed by atoms with Crippen LogP contribution in [0.15, 0.2) is 17.5 Å². The summed E-state index contributed by atoms with van der Waals surface area (Å²) in [6, 6.07) is 4.68. The molecule has 0 spiro atoms. The number of carbonyl (C=O) groups is 1. The summed E-state index contributed by atoms with van der Waals surface area (Å²) in [5, 5.41) is 2.08. The number of carbonyl (C=O) groups excluding carboxylic acids is 1. The molecule has 2 bridgehead atoms. The maximum Gasteiger partial charge on any atom is 0.225 e. The highest BCUT2D eigenvalue weighted by atomic mass is 35.5. The summed E-state index contributed by atoms with van der Waals surface area (Å²) in [7, 11) is 1.96. The quantitative estimate of drug-likeness (QED) is 0.907. The third kappa shape index (κ3) is 3.34. The number of hydrogen-bond donors (Lipinski definition) is 1. The van der Waals surface area contributed by atoms with Crippen molar-refractivity contribution < 1.29 is 4.79 Å². The van der Waals surface area contributed by atoms with Crippen molar-refractivity contribution in [3.8, 4) is 0 Å². The molecule has 2 fully saturated rings. The van der Waals surface area contributed by atoms with Gasteiger partial charge in [-0.25, -0.2) is 0 Å². The molecular formula is C17H27ClN2OS. The van der Waals surface area contributed by atoms with E-state index in [1.165, 1.54) is 24.1 Å². The number of amides is 1. The third-order valence-corrected chi connectivity index (χ3v) is 6.69. The van der Waals surface area contributed by atoms with E-state index in [4.69, 9.17) is 5.73 Å². The smallest absolute Gasteiger partial charge is 0.225 e. The lowest BCUT2D eigenvalue weighted by molar-refractivity contribution is -0.139. The summed E-state index contributed by atoms with van der Waals surface area (Å²) < 4.78 is 0. The molecule has 124 valence electrons. The Bertz CT molecular complexity index is 479. The Kier molecular flexibility index (Phi) is 5.92. The highest BCUT2D eigenvalue weighted by molar-refractivity contribution is 7.10. The average molecular weight is 343 g/mol. The van der Waals surface area contributed by atoms with Crippen molar-refractivity contribution >= 4 is 29.7 Å². The van der Waals surface area contributed by atoms with Gasteiger partial charge >= 0.3 is 0 Å². The number of thiophene rings is 1.